The first-order valence-corrected chi connectivity index (χ1v) is 9.59. The molecule has 0 saturated carbocycles. The molecule has 0 radical (unpaired) electrons. The number of carbonyl (C=O) groups is 1. The van der Waals surface area contributed by atoms with Crippen molar-refractivity contribution in [2.24, 2.45) is 0 Å². The molecule has 0 aliphatic heterocycles. The molecule has 0 fully saturated rings. The molecule has 0 atom stereocenters. The maximum Gasteiger partial charge on any atom is 0.278 e. The van der Waals surface area contributed by atoms with Gasteiger partial charge in [-0.25, -0.2) is 4.98 Å². The van der Waals surface area contributed by atoms with E-state index in [4.69, 9.17) is 4.42 Å². The van der Waals surface area contributed by atoms with Crippen LogP contribution in [0.1, 0.15) is 31.2 Å². The van der Waals surface area contributed by atoms with E-state index in [1.54, 1.807) is 16.9 Å². The van der Waals surface area contributed by atoms with Crippen LogP contribution in [0.2, 0.25) is 0 Å². The third-order valence-corrected chi connectivity index (χ3v) is 4.89. The van der Waals surface area contributed by atoms with Crippen LogP contribution in [-0.2, 0) is 11.3 Å². The SMILES string of the molecule is CCCCNC(=O)CSc1nc2cc(C)[nH]c2c(=O)n1Cc1ccco1. The number of nitrogens with one attached hydrogen (secondary N) is 2. The number of unbranched alkanes of at least 4 members (excludes halogenated alkanes) is 1. The predicted molar refractivity (Wildman–Crippen MR) is 102 cm³/mol. The van der Waals surface area contributed by atoms with E-state index < -0.39 is 0 Å². The fourth-order valence-electron chi connectivity index (χ4n) is 2.60. The lowest BCUT2D eigenvalue weighted by Crippen LogP contribution is -2.27. The van der Waals surface area contributed by atoms with Crippen LogP contribution >= 0.6 is 11.8 Å². The van der Waals surface area contributed by atoms with Gasteiger partial charge in [-0.2, -0.15) is 0 Å². The lowest BCUT2D eigenvalue weighted by molar-refractivity contribution is -0.118. The van der Waals surface area contributed by atoms with Gasteiger partial charge in [0.25, 0.3) is 5.56 Å². The Morgan fingerprint density at radius 3 is 3.04 bits per heavy atom. The van der Waals surface area contributed by atoms with Crippen molar-refractivity contribution in [1.29, 1.82) is 0 Å². The number of fused-ring (bicyclic) bond motifs is 1. The van der Waals surface area contributed by atoms with Crippen LogP contribution in [0.15, 0.2) is 38.8 Å². The average Bonchev–Trinajstić information content (AvgIpc) is 3.25. The number of nitrogens with zero attached hydrogens (tertiary/aromatic N) is 2. The molecule has 0 saturated heterocycles. The van der Waals surface area contributed by atoms with Gasteiger partial charge < -0.3 is 14.7 Å². The van der Waals surface area contributed by atoms with Crippen molar-refractivity contribution in [3.05, 3.63) is 46.3 Å². The largest absolute Gasteiger partial charge is 0.467 e. The number of carbonyl (C=O) groups excluding carboxylic acids is 1. The van der Waals surface area contributed by atoms with E-state index in [1.807, 2.05) is 19.1 Å². The molecule has 3 rings (SSSR count). The number of thioether (sulfide) groups is 1. The minimum atomic E-state index is -0.173. The fourth-order valence-corrected chi connectivity index (χ4v) is 3.43. The zero-order valence-corrected chi connectivity index (χ0v) is 15.7. The lowest BCUT2D eigenvalue weighted by Gasteiger charge is -2.11. The Kier molecular flexibility index (Phi) is 5.82. The molecule has 3 aromatic rings. The molecular weight excluding hydrogens is 352 g/mol. The van der Waals surface area contributed by atoms with E-state index in [-0.39, 0.29) is 23.8 Å². The maximum absolute atomic E-state index is 12.9. The van der Waals surface area contributed by atoms with E-state index in [1.165, 1.54) is 11.8 Å². The Morgan fingerprint density at radius 1 is 1.46 bits per heavy atom. The number of amides is 1. The van der Waals surface area contributed by atoms with Gasteiger partial charge in [-0.3, -0.25) is 14.2 Å². The zero-order chi connectivity index (χ0) is 18.5. The molecule has 7 nitrogen and oxygen atoms in total. The van der Waals surface area contributed by atoms with Gasteiger partial charge in [0.05, 0.1) is 24.1 Å². The number of rotatable bonds is 8. The Morgan fingerprint density at radius 2 is 2.31 bits per heavy atom. The smallest absolute Gasteiger partial charge is 0.278 e. The lowest BCUT2D eigenvalue weighted by atomic mass is 10.3. The second-order valence-corrected chi connectivity index (χ2v) is 7.01. The molecule has 0 aromatic carbocycles. The Balaban J connectivity index is 1.86. The number of aromatic amines is 1. The van der Waals surface area contributed by atoms with Crippen LogP contribution in [0.5, 0.6) is 0 Å². The van der Waals surface area contributed by atoms with E-state index in [0.717, 1.165) is 18.5 Å². The number of furan rings is 1. The molecular formula is C18H22N4O3S. The molecule has 0 aliphatic rings. The van der Waals surface area contributed by atoms with Crippen LogP contribution in [0, 0.1) is 6.92 Å². The molecule has 0 aliphatic carbocycles. The molecule has 0 bridgehead atoms. The highest BCUT2D eigenvalue weighted by atomic mass is 32.2. The Labute approximate surface area is 155 Å². The number of aryl methyl sites for hydroxylation is 1. The molecule has 3 heterocycles. The fraction of sp³-hybridized carbons (Fsp3) is 0.389. The van der Waals surface area contributed by atoms with Crippen molar-refractivity contribution in [3.8, 4) is 0 Å². The highest BCUT2D eigenvalue weighted by Gasteiger charge is 2.16. The van der Waals surface area contributed by atoms with E-state index in [0.29, 0.717) is 28.5 Å². The first kappa shape index (κ1) is 18.3. The molecule has 8 heteroatoms. The van der Waals surface area contributed by atoms with Crippen molar-refractivity contribution in [2.45, 2.75) is 38.4 Å². The van der Waals surface area contributed by atoms with Crippen LogP contribution < -0.4 is 10.9 Å². The van der Waals surface area contributed by atoms with Crippen LogP contribution in [0.25, 0.3) is 11.0 Å². The van der Waals surface area contributed by atoms with Crippen molar-refractivity contribution in [1.82, 2.24) is 19.9 Å². The van der Waals surface area contributed by atoms with Gasteiger partial charge in [-0.15, -0.1) is 0 Å². The van der Waals surface area contributed by atoms with Gasteiger partial charge in [-0.1, -0.05) is 25.1 Å². The first-order valence-electron chi connectivity index (χ1n) is 8.60. The topological polar surface area (TPSA) is 92.9 Å². The molecule has 138 valence electrons. The van der Waals surface area contributed by atoms with Gasteiger partial charge in [0.2, 0.25) is 5.91 Å². The maximum atomic E-state index is 12.9. The summed E-state index contributed by atoms with van der Waals surface area (Å²) in [4.78, 5) is 32.5. The minimum Gasteiger partial charge on any atom is -0.467 e. The molecule has 26 heavy (non-hydrogen) atoms. The highest BCUT2D eigenvalue weighted by molar-refractivity contribution is 7.99. The summed E-state index contributed by atoms with van der Waals surface area (Å²) < 4.78 is 6.91. The third-order valence-electron chi connectivity index (χ3n) is 3.92. The first-order chi connectivity index (χ1) is 12.6. The van der Waals surface area contributed by atoms with Crippen molar-refractivity contribution in [3.63, 3.8) is 0 Å². The van der Waals surface area contributed by atoms with Gasteiger partial charge in [-0.05, 0) is 31.5 Å². The Hall–Kier alpha value is -2.48. The van der Waals surface area contributed by atoms with Gasteiger partial charge in [0.1, 0.15) is 11.3 Å². The summed E-state index contributed by atoms with van der Waals surface area (Å²) in [6.45, 7) is 4.89. The average molecular weight is 374 g/mol. The third kappa shape index (κ3) is 4.19. The highest BCUT2D eigenvalue weighted by Crippen LogP contribution is 2.19. The standard InChI is InChI=1S/C18H22N4O3S/c1-3-4-7-19-15(23)11-26-18-21-14-9-12(2)20-16(14)17(24)22(18)10-13-6-5-8-25-13/h5-6,8-9,20H,3-4,7,10-11H2,1-2H3,(H,19,23). The predicted octanol–water partition coefficient (Wildman–Crippen LogP) is 2.68. The summed E-state index contributed by atoms with van der Waals surface area (Å²) in [5, 5.41) is 3.38. The van der Waals surface area contributed by atoms with Crippen LogP contribution in [-0.4, -0.2) is 32.7 Å². The van der Waals surface area contributed by atoms with E-state index in [2.05, 4.69) is 22.2 Å². The van der Waals surface area contributed by atoms with Crippen molar-refractivity contribution < 1.29 is 9.21 Å². The number of H-pyrrole nitrogens is 1. The summed E-state index contributed by atoms with van der Waals surface area (Å²) in [7, 11) is 0. The summed E-state index contributed by atoms with van der Waals surface area (Å²) in [6, 6.07) is 5.42. The summed E-state index contributed by atoms with van der Waals surface area (Å²) in [5.41, 5.74) is 1.77. The summed E-state index contributed by atoms with van der Waals surface area (Å²) in [5.74, 6) is 0.807. The van der Waals surface area contributed by atoms with Crippen molar-refractivity contribution in [2.75, 3.05) is 12.3 Å². The summed E-state index contributed by atoms with van der Waals surface area (Å²) in [6.07, 6.45) is 3.55. The Bertz CT molecular complexity index is 943. The molecule has 0 unspecified atom stereocenters. The minimum absolute atomic E-state index is 0.0624. The molecule has 1 amide bonds. The monoisotopic (exact) mass is 374 g/mol. The number of hydrogen-bond acceptors (Lipinski definition) is 5. The molecule has 3 aromatic heterocycles. The van der Waals surface area contributed by atoms with Crippen LogP contribution in [0.4, 0.5) is 0 Å². The second kappa shape index (κ2) is 8.27. The second-order valence-electron chi connectivity index (χ2n) is 6.07. The van der Waals surface area contributed by atoms with Gasteiger partial charge >= 0.3 is 0 Å². The van der Waals surface area contributed by atoms with Gasteiger partial charge in [0, 0.05) is 12.2 Å². The van der Waals surface area contributed by atoms with E-state index >= 15 is 0 Å². The molecule has 0 spiro atoms. The number of aromatic nitrogens is 3. The van der Waals surface area contributed by atoms with E-state index in [9.17, 15) is 9.59 Å². The summed E-state index contributed by atoms with van der Waals surface area (Å²) >= 11 is 1.26. The van der Waals surface area contributed by atoms with Crippen molar-refractivity contribution >= 4 is 28.7 Å². The van der Waals surface area contributed by atoms with Crippen LogP contribution in [0.3, 0.4) is 0 Å². The zero-order valence-electron chi connectivity index (χ0n) is 14.9. The van der Waals surface area contributed by atoms with Gasteiger partial charge in [0.15, 0.2) is 5.16 Å². The molecule has 2 N–H and O–H groups in total. The normalized spacial score (nSPS) is 11.2. The number of hydrogen-bond donors (Lipinski definition) is 2. The quantitative estimate of drug-likeness (QED) is 0.359.